The zero-order chi connectivity index (χ0) is 68.4. The molecule has 0 saturated heterocycles. The Morgan fingerprint density at radius 3 is 0.716 bits per heavy atom. The molecule has 2 unspecified atom stereocenters. The van der Waals surface area contributed by atoms with Crippen molar-refractivity contribution in [3.8, 4) is 0 Å². The monoisotopic (exact) mass is 1340 g/mol. The molecule has 6 nitrogen and oxygen atoms in total. The average molecular weight is 1340 g/mol. The van der Waals surface area contributed by atoms with E-state index in [4.69, 9.17) is 4.74 Å². The van der Waals surface area contributed by atoms with Crippen molar-refractivity contribution >= 4 is 11.9 Å². The molecule has 0 aromatic heterocycles. The molecule has 95 heavy (non-hydrogen) atoms. The van der Waals surface area contributed by atoms with Crippen LogP contribution < -0.4 is 5.32 Å². The number of hydrogen-bond acceptors (Lipinski definition) is 5. The maximum Gasteiger partial charge on any atom is 0.305 e. The van der Waals surface area contributed by atoms with Crippen LogP contribution in [-0.4, -0.2) is 47.4 Å². The summed E-state index contributed by atoms with van der Waals surface area (Å²) in [6.45, 7) is 4.98. The van der Waals surface area contributed by atoms with Crippen molar-refractivity contribution in [3.05, 3.63) is 12.2 Å². The minimum absolute atomic E-state index is 0.0295. The average Bonchev–Trinajstić information content (AvgIpc) is 2.94. The van der Waals surface area contributed by atoms with Crippen LogP contribution in [0.5, 0.6) is 0 Å². The minimum Gasteiger partial charge on any atom is -0.466 e. The molecule has 0 fully saturated rings. The molecule has 1 amide bonds. The fourth-order valence-corrected chi connectivity index (χ4v) is 14.6. The summed E-state index contributed by atoms with van der Waals surface area (Å²) in [4.78, 5) is 24.7. The second kappa shape index (κ2) is 85.0. The Labute approximate surface area is 597 Å². The number of carbonyl (C=O) groups is 2. The normalized spacial score (nSPS) is 12.4. The lowest BCUT2D eigenvalue weighted by Crippen LogP contribution is -2.45. The number of carbonyl (C=O) groups excluding carboxylic acids is 2. The maximum absolute atomic E-state index is 12.6. The molecule has 6 heteroatoms. The van der Waals surface area contributed by atoms with E-state index in [9.17, 15) is 19.8 Å². The van der Waals surface area contributed by atoms with Gasteiger partial charge in [0.15, 0.2) is 0 Å². The minimum atomic E-state index is -0.841. The highest BCUT2D eigenvalue weighted by Gasteiger charge is 2.18. The summed E-state index contributed by atoms with van der Waals surface area (Å²) < 4.78 is 5.53. The van der Waals surface area contributed by atoms with E-state index in [1.54, 1.807) is 6.08 Å². The molecule has 0 rings (SSSR count). The number of aliphatic hydroxyl groups excluding tert-OH is 2. The highest BCUT2D eigenvalue weighted by atomic mass is 16.5. The molecule has 0 aliphatic heterocycles. The smallest absolute Gasteiger partial charge is 0.305 e. The number of nitrogens with one attached hydrogen (secondary N) is 1. The number of ether oxygens (including phenoxy) is 1. The molecule has 0 heterocycles. The molecule has 0 bridgehead atoms. The van der Waals surface area contributed by atoms with E-state index in [1.165, 1.54) is 456 Å². The number of rotatable bonds is 85. The van der Waals surface area contributed by atoms with Crippen LogP contribution in [0.1, 0.15) is 521 Å². The van der Waals surface area contributed by atoms with Gasteiger partial charge in [-0.05, 0) is 32.1 Å². The first-order valence-electron chi connectivity index (χ1n) is 44.5. The lowest BCUT2D eigenvalue weighted by atomic mass is 10.0. The Kier molecular flexibility index (Phi) is 83.8. The van der Waals surface area contributed by atoms with Crippen LogP contribution in [0.3, 0.4) is 0 Å². The summed E-state index contributed by atoms with van der Waals surface area (Å²) in [7, 11) is 0. The summed E-state index contributed by atoms with van der Waals surface area (Å²) >= 11 is 0. The number of esters is 1. The van der Waals surface area contributed by atoms with Gasteiger partial charge in [-0.25, -0.2) is 0 Å². The van der Waals surface area contributed by atoms with Gasteiger partial charge in [-0.2, -0.15) is 0 Å². The Balaban J connectivity index is 3.31. The molecule has 0 aromatic carbocycles. The molecular formula is C89H175NO5. The van der Waals surface area contributed by atoms with Crippen molar-refractivity contribution in [1.82, 2.24) is 5.32 Å². The van der Waals surface area contributed by atoms with E-state index < -0.39 is 12.1 Å². The fourth-order valence-electron chi connectivity index (χ4n) is 14.6. The first-order chi connectivity index (χ1) is 47.0. The Morgan fingerprint density at radius 1 is 0.284 bits per heavy atom. The summed E-state index contributed by atoms with van der Waals surface area (Å²) in [5.74, 6) is -0.0268. The molecule has 0 radical (unpaired) electrons. The molecule has 0 aromatic rings. The van der Waals surface area contributed by atoms with Crippen molar-refractivity contribution < 1.29 is 24.5 Å². The molecule has 0 saturated carbocycles. The van der Waals surface area contributed by atoms with E-state index in [2.05, 4.69) is 19.2 Å². The molecule has 3 N–H and O–H groups in total. The van der Waals surface area contributed by atoms with Gasteiger partial charge in [0.2, 0.25) is 5.91 Å². The van der Waals surface area contributed by atoms with Gasteiger partial charge in [-0.3, -0.25) is 9.59 Å². The van der Waals surface area contributed by atoms with E-state index in [0.29, 0.717) is 19.4 Å². The Hall–Kier alpha value is -1.40. The van der Waals surface area contributed by atoms with Gasteiger partial charge in [0.05, 0.1) is 25.4 Å². The predicted octanol–water partition coefficient (Wildman–Crippen LogP) is 29.8. The molecular weight excluding hydrogens is 1160 g/mol. The van der Waals surface area contributed by atoms with E-state index >= 15 is 0 Å². The van der Waals surface area contributed by atoms with Gasteiger partial charge in [0.1, 0.15) is 0 Å². The third-order valence-corrected chi connectivity index (χ3v) is 21.3. The number of hydrogen-bond donors (Lipinski definition) is 3. The van der Waals surface area contributed by atoms with Gasteiger partial charge in [-0.1, -0.05) is 488 Å². The summed E-state index contributed by atoms with van der Waals surface area (Å²) in [6, 6.07) is -0.624. The van der Waals surface area contributed by atoms with Gasteiger partial charge < -0.3 is 20.3 Å². The second-order valence-corrected chi connectivity index (χ2v) is 30.9. The summed E-state index contributed by atoms with van der Waals surface area (Å²) in [5, 5.41) is 23.3. The standard InChI is InChI=1S/C89H175NO5/c1-3-5-7-9-11-13-15-17-19-21-23-24-42-46-49-53-57-61-65-69-73-77-81-87(92)86(85-91)90-88(93)82-78-74-70-66-62-58-54-50-47-43-40-38-36-34-32-30-28-26-25-27-29-31-33-35-37-39-41-44-48-52-56-60-64-68-72-76-80-84-95-89(94)83-79-75-71-67-63-59-55-51-45-22-20-18-16-14-12-10-8-6-4-2/h77,81,86-87,91-92H,3-76,78-80,82-85H2,1-2H3,(H,90,93)/b81-77+. The van der Waals surface area contributed by atoms with Crippen LogP contribution in [-0.2, 0) is 14.3 Å². The maximum atomic E-state index is 12.6. The topological polar surface area (TPSA) is 95.9 Å². The van der Waals surface area contributed by atoms with E-state index in [-0.39, 0.29) is 18.5 Å². The zero-order valence-corrected chi connectivity index (χ0v) is 65.2. The lowest BCUT2D eigenvalue weighted by molar-refractivity contribution is -0.143. The molecule has 0 aliphatic carbocycles. The van der Waals surface area contributed by atoms with Gasteiger partial charge in [-0.15, -0.1) is 0 Å². The van der Waals surface area contributed by atoms with Gasteiger partial charge in [0, 0.05) is 12.8 Å². The van der Waals surface area contributed by atoms with Crippen molar-refractivity contribution in [2.75, 3.05) is 13.2 Å². The Morgan fingerprint density at radius 2 is 0.484 bits per heavy atom. The third kappa shape index (κ3) is 81.5. The van der Waals surface area contributed by atoms with Crippen LogP contribution >= 0.6 is 0 Å². The second-order valence-electron chi connectivity index (χ2n) is 30.9. The molecule has 0 aliphatic rings. The quantitative estimate of drug-likeness (QED) is 0.0320. The third-order valence-electron chi connectivity index (χ3n) is 21.3. The SMILES string of the molecule is CCCCCCCCCCCCCCCCCCCCCC/C=C/C(O)C(CO)NC(=O)CCCCCCCCCCCCCCCCCCCCCCCCCCCCCCCCCCCCCCCOC(=O)CCCCCCCCCCCCCCCCCCCCC. The largest absolute Gasteiger partial charge is 0.466 e. The number of unbranched alkanes of at least 4 members (excludes halogenated alkanes) is 74. The molecule has 0 spiro atoms. The predicted molar refractivity (Wildman–Crippen MR) is 421 cm³/mol. The van der Waals surface area contributed by atoms with Gasteiger partial charge >= 0.3 is 5.97 Å². The van der Waals surface area contributed by atoms with E-state index in [1.807, 2.05) is 6.08 Å². The highest BCUT2D eigenvalue weighted by Crippen LogP contribution is 2.21. The molecule has 566 valence electrons. The molecule has 2 atom stereocenters. The van der Waals surface area contributed by atoms with Crippen LogP contribution in [0, 0.1) is 0 Å². The number of allylic oxidation sites excluding steroid dienone is 1. The summed E-state index contributed by atoms with van der Waals surface area (Å²) in [6.07, 6.45) is 110. The first kappa shape index (κ1) is 93.6. The highest BCUT2D eigenvalue weighted by molar-refractivity contribution is 5.76. The van der Waals surface area contributed by atoms with Crippen molar-refractivity contribution in [3.63, 3.8) is 0 Å². The van der Waals surface area contributed by atoms with Crippen molar-refractivity contribution in [2.45, 2.75) is 533 Å². The van der Waals surface area contributed by atoms with Crippen molar-refractivity contribution in [1.29, 1.82) is 0 Å². The van der Waals surface area contributed by atoms with Crippen LogP contribution in [0.15, 0.2) is 12.2 Å². The van der Waals surface area contributed by atoms with E-state index in [0.717, 1.165) is 38.5 Å². The number of aliphatic hydroxyl groups is 2. The van der Waals surface area contributed by atoms with Crippen LogP contribution in [0.4, 0.5) is 0 Å². The fraction of sp³-hybridized carbons (Fsp3) is 0.955. The summed E-state index contributed by atoms with van der Waals surface area (Å²) in [5.41, 5.74) is 0. The zero-order valence-electron chi connectivity index (χ0n) is 65.2. The number of amides is 1. The lowest BCUT2D eigenvalue weighted by Gasteiger charge is -2.20. The van der Waals surface area contributed by atoms with Crippen LogP contribution in [0.2, 0.25) is 0 Å². The van der Waals surface area contributed by atoms with Crippen molar-refractivity contribution in [2.24, 2.45) is 0 Å². The Bertz CT molecular complexity index is 1450. The first-order valence-corrected chi connectivity index (χ1v) is 44.5. The van der Waals surface area contributed by atoms with Gasteiger partial charge in [0.25, 0.3) is 0 Å². The van der Waals surface area contributed by atoms with Crippen LogP contribution in [0.25, 0.3) is 0 Å².